The van der Waals surface area contributed by atoms with Crippen LogP contribution in [0, 0.1) is 0 Å². The van der Waals surface area contributed by atoms with Crippen molar-refractivity contribution in [2.45, 2.75) is 45.6 Å². The highest BCUT2D eigenvalue weighted by molar-refractivity contribution is 6.28. The van der Waals surface area contributed by atoms with E-state index >= 15 is 0 Å². The Bertz CT molecular complexity index is 1770. The fraction of sp³-hybridized carbons (Fsp3) is 0.250. The zero-order valence-corrected chi connectivity index (χ0v) is 24.8. The number of aromatic amines is 1. The minimum Gasteiger partial charge on any atom is -0.489 e. The number of H-pyrrole nitrogens is 1. The van der Waals surface area contributed by atoms with E-state index in [4.69, 9.17) is 32.5 Å². The summed E-state index contributed by atoms with van der Waals surface area (Å²) in [5.41, 5.74) is 5.21. The largest absolute Gasteiger partial charge is 0.489 e. The van der Waals surface area contributed by atoms with E-state index in [9.17, 15) is 9.59 Å². The third kappa shape index (κ3) is 6.35. The van der Waals surface area contributed by atoms with Crippen molar-refractivity contribution in [2.24, 2.45) is 0 Å². The number of nitrogens with one attached hydrogen (secondary N) is 1. The van der Waals surface area contributed by atoms with E-state index in [0.717, 1.165) is 35.1 Å². The number of hydrogen-bond acceptors (Lipinski definition) is 6. The fourth-order valence-electron chi connectivity index (χ4n) is 4.80. The van der Waals surface area contributed by atoms with Gasteiger partial charge in [-0.15, -0.1) is 11.6 Å². The third-order valence-corrected chi connectivity index (χ3v) is 7.60. The quantitative estimate of drug-likeness (QED) is 0.131. The molecule has 8 nitrogen and oxygen atoms in total. The zero-order valence-electron chi connectivity index (χ0n) is 23.3. The molecule has 10 heteroatoms. The first-order chi connectivity index (χ1) is 20.4. The molecule has 0 spiro atoms. The van der Waals surface area contributed by atoms with E-state index in [1.807, 2.05) is 62.4 Å². The van der Waals surface area contributed by atoms with Gasteiger partial charge < -0.3 is 4.74 Å². The summed E-state index contributed by atoms with van der Waals surface area (Å²) in [5, 5.41) is 3.95. The van der Waals surface area contributed by atoms with Crippen molar-refractivity contribution in [3.8, 4) is 34.0 Å². The van der Waals surface area contributed by atoms with Crippen molar-refractivity contribution in [3.05, 3.63) is 116 Å². The molecular weight excluding hydrogens is 575 g/mol. The first kappa shape index (κ1) is 29.4. The van der Waals surface area contributed by atoms with Gasteiger partial charge in [-0.05, 0) is 65.4 Å². The van der Waals surface area contributed by atoms with Gasteiger partial charge in [-0.3, -0.25) is 18.9 Å². The van der Waals surface area contributed by atoms with Gasteiger partial charge in [0.25, 0.3) is 5.56 Å². The van der Waals surface area contributed by atoms with Gasteiger partial charge in [-0.2, -0.15) is 0 Å². The Kier molecular flexibility index (Phi) is 9.25. The highest BCUT2D eigenvalue weighted by Crippen LogP contribution is 2.30. The number of ether oxygens (including phenoxy) is 1. The van der Waals surface area contributed by atoms with Crippen LogP contribution in [0.4, 0.5) is 0 Å². The Morgan fingerprint density at radius 2 is 1.69 bits per heavy atom. The number of nitrogens with zero attached hydrogens (tertiary/aromatic N) is 3. The predicted octanol–water partition coefficient (Wildman–Crippen LogP) is 6.84. The summed E-state index contributed by atoms with van der Waals surface area (Å²) in [4.78, 5) is 32.6. The molecule has 0 radical (unpaired) electrons. The fourth-order valence-corrected chi connectivity index (χ4v) is 5.36. The van der Waals surface area contributed by atoms with Gasteiger partial charge in [-0.25, -0.2) is 9.78 Å². The summed E-state index contributed by atoms with van der Waals surface area (Å²) in [7, 11) is 0. The van der Waals surface area contributed by atoms with E-state index < -0.39 is 5.76 Å². The summed E-state index contributed by atoms with van der Waals surface area (Å²) in [5.74, 6) is 0.815. The molecule has 1 atom stereocenters. The third-order valence-electron chi connectivity index (χ3n) is 7.00. The van der Waals surface area contributed by atoms with Gasteiger partial charge in [-0.1, -0.05) is 74.0 Å². The number of aromatic nitrogens is 4. The number of aryl methyl sites for hydroxylation is 1. The van der Waals surface area contributed by atoms with Gasteiger partial charge in [0.05, 0.1) is 17.3 Å². The Morgan fingerprint density at radius 1 is 0.976 bits per heavy atom. The van der Waals surface area contributed by atoms with Crippen LogP contribution in [0.2, 0.25) is 5.28 Å². The van der Waals surface area contributed by atoms with Gasteiger partial charge in [0.15, 0.2) is 5.82 Å². The molecule has 0 saturated heterocycles. The number of alkyl halides is 1. The second-order valence-corrected chi connectivity index (χ2v) is 10.5. The van der Waals surface area contributed by atoms with Crippen LogP contribution in [0.3, 0.4) is 0 Å². The van der Waals surface area contributed by atoms with Crippen LogP contribution in [0.5, 0.6) is 5.75 Å². The lowest BCUT2D eigenvalue weighted by atomic mass is 9.96. The molecule has 3 aromatic carbocycles. The topological polar surface area (TPSA) is 103 Å². The van der Waals surface area contributed by atoms with Gasteiger partial charge in [0, 0.05) is 17.5 Å². The lowest BCUT2D eigenvalue weighted by Gasteiger charge is -2.17. The number of rotatable bonds is 11. The van der Waals surface area contributed by atoms with Crippen molar-refractivity contribution in [2.75, 3.05) is 5.88 Å². The van der Waals surface area contributed by atoms with Crippen molar-refractivity contribution < 1.29 is 9.26 Å². The molecule has 2 aromatic heterocycles. The van der Waals surface area contributed by atoms with Crippen LogP contribution in [-0.2, 0) is 12.8 Å². The SMILES string of the molecule is CCCc1nc(Cl)n(-c2ccc(OC(CC)CCl)cc2)c(=O)c1Cc1ccc(-c2ccccc2-c2noc(=O)[nH]2)cc1. The standard InChI is InChI=1S/C32H30Cl2N4O4/c1-3-7-28-27(30(39)38(31(34)35-28)22-14-16-24(17-15-22)41-23(4-2)19-33)18-20-10-12-21(13-11-20)25-8-5-6-9-26(25)29-36-32(40)42-37-29/h5-6,8-17,23H,3-4,7,18-19H2,1-2H3,(H,36,37,40). The molecule has 0 aliphatic rings. The maximum absolute atomic E-state index is 13.9. The second-order valence-electron chi connectivity index (χ2n) is 9.86. The predicted molar refractivity (Wildman–Crippen MR) is 165 cm³/mol. The summed E-state index contributed by atoms with van der Waals surface area (Å²) >= 11 is 12.5. The smallest absolute Gasteiger partial charge is 0.439 e. The van der Waals surface area contributed by atoms with Crippen molar-refractivity contribution in [1.29, 1.82) is 0 Å². The minimum atomic E-state index is -0.610. The van der Waals surface area contributed by atoms with E-state index in [-0.39, 0.29) is 16.9 Å². The van der Waals surface area contributed by atoms with Crippen LogP contribution in [-0.4, -0.2) is 31.7 Å². The lowest BCUT2D eigenvalue weighted by molar-refractivity contribution is 0.220. The Labute approximate surface area is 252 Å². The summed E-state index contributed by atoms with van der Waals surface area (Å²) in [6.45, 7) is 4.06. The van der Waals surface area contributed by atoms with Crippen LogP contribution in [0.15, 0.2) is 86.9 Å². The molecule has 2 heterocycles. The van der Waals surface area contributed by atoms with Crippen molar-refractivity contribution in [1.82, 2.24) is 19.7 Å². The highest BCUT2D eigenvalue weighted by atomic mass is 35.5. The molecule has 5 rings (SSSR count). The number of hydrogen-bond donors (Lipinski definition) is 1. The van der Waals surface area contributed by atoms with Crippen LogP contribution in [0.25, 0.3) is 28.2 Å². The molecule has 216 valence electrons. The molecule has 5 aromatic rings. The monoisotopic (exact) mass is 604 g/mol. The normalized spacial score (nSPS) is 11.9. The van der Waals surface area contributed by atoms with E-state index in [0.29, 0.717) is 47.2 Å². The lowest BCUT2D eigenvalue weighted by Crippen LogP contribution is -2.27. The van der Waals surface area contributed by atoms with Gasteiger partial charge in [0.2, 0.25) is 5.28 Å². The summed E-state index contributed by atoms with van der Waals surface area (Å²) < 4.78 is 12.0. The zero-order chi connectivity index (χ0) is 29.6. The molecule has 1 unspecified atom stereocenters. The van der Waals surface area contributed by atoms with E-state index in [2.05, 4.69) is 15.1 Å². The maximum Gasteiger partial charge on any atom is 0.439 e. The molecule has 0 amide bonds. The minimum absolute atomic E-state index is 0.0864. The van der Waals surface area contributed by atoms with Crippen LogP contribution >= 0.6 is 23.2 Å². The molecule has 0 bridgehead atoms. The average molecular weight is 606 g/mol. The molecular formula is C32H30Cl2N4O4. The summed E-state index contributed by atoms with van der Waals surface area (Å²) in [6, 6.07) is 22.7. The first-order valence-electron chi connectivity index (χ1n) is 13.8. The number of halogens is 2. The second kappa shape index (κ2) is 13.2. The first-order valence-corrected chi connectivity index (χ1v) is 14.7. The van der Waals surface area contributed by atoms with Gasteiger partial charge in [0.1, 0.15) is 11.9 Å². The molecule has 42 heavy (non-hydrogen) atoms. The highest BCUT2D eigenvalue weighted by Gasteiger charge is 2.18. The van der Waals surface area contributed by atoms with E-state index in [1.165, 1.54) is 4.57 Å². The molecule has 0 fully saturated rings. The molecule has 0 saturated carbocycles. The number of benzene rings is 3. The molecule has 0 aliphatic heterocycles. The van der Waals surface area contributed by atoms with Crippen LogP contribution in [0.1, 0.15) is 43.5 Å². The average Bonchev–Trinajstić information content (AvgIpc) is 3.45. The maximum atomic E-state index is 13.9. The van der Waals surface area contributed by atoms with Crippen molar-refractivity contribution >= 4 is 23.2 Å². The Balaban J connectivity index is 1.46. The van der Waals surface area contributed by atoms with Gasteiger partial charge >= 0.3 is 5.76 Å². The Hall–Kier alpha value is -4.14. The molecule has 0 aliphatic carbocycles. The summed E-state index contributed by atoms with van der Waals surface area (Å²) in [6.07, 6.45) is 2.56. The van der Waals surface area contributed by atoms with Crippen molar-refractivity contribution in [3.63, 3.8) is 0 Å². The molecule has 1 N–H and O–H groups in total. The Morgan fingerprint density at radius 3 is 2.31 bits per heavy atom. The van der Waals surface area contributed by atoms with E-state index in [1.54, 1.807) is 24.3 Å². The van der Waals surface area contributed by atoms with Crippen LogP contribution < -0.4 is 16.1 Å².